The molecule has 0 saturated heterocycles. The van der Waals surface area contributed by atoms with Gasteiger partial charge >= 0.3 is 0 Å². The number of fused-ring (bicyclic) bond motifs is 1. The highest BCUT2D eigenvalue weighted by atomic mass is 32.1. The number of oxazole rings is 1. The number of carbonyl (C=O) groups excluding carboxylic acids is 2. The summed E-state index contributed by atoms with van der Waals surface area (Å²) in [5, 5.41) is 6.20. The number of ether oxygens (including phenoxy) is 1. The topological polar surface area (TPSA) is 111 Å². The summed E-state index contributed by atoms with van der Waals surface area (Å²) in [4.78, 5) is 36.0. The molecule has 3 aromatic carbocycles. The fourth-order valence-corrected chi connectivity index (χ4v) is 5.53. The van der Waals surface area contributed by atoms with E-state index in [-0.39, 0.29) is 24.3 Å². The van der Waals surface area contributed by atoms with Gasteiger partial charge in [-0.1, -0.05) is 60.7 Å². The van der Waals surface area contributed by atoms with E-state index in [1.165, 1.54) is 17.7 Å². The fraction of sp³-hybridized carbons (Fsp3) is 0.125. The van der Waals surface area contributed by atoms with Crippen molar-refractivity contribution in [3.05, 3.63) is 120 Å². The molecule has 1 atom stereocenters. The number of aromatic nitrogens is 3. The van der Waals surface area contributed by atoms with Crippen molar-refractivity contribution < 1.29 is 18.7 Å². The Morgan fingerprint density at radius 2 is 1.79 bits per heavy atom. The predicted octanol–water partition coefficient (Wildman–Crippen LogP) is 6.69. The van der Waals surface area contributed by atoms with Gasteiger partial charge in [-0.05, 0) is 35.9 Å². The van der Waals surface area contributed by atoms with Gasteiger partial charge in [-0.25, -0.2) is 9.97 Å². The Balaban J connectivity index is 1.29. The van der Waals surface area contributed by atoms with Crippen molar-refractivity contribution in [3.63, 3.8) is 0 Å². The lowest BCUT2D eigenvalue weighted by Gasteiger charge is -2.19. The number of Topliss-reactive ketones (excluding diaryl/α,β-unsaturated/α-hetero) is 1. The minimum Gasteiger partial charge on any atom is -0.443 e. The third kappa shape index (κ3) is 5.85. The molecule has 0 unspecified atom stereocenters. The summed E-state index contributed by atoms with van der Waals surface area (Å²) in [7, 11) is 1.66. The average Bonchev–Trinajstić information content (AvgIpc) is 3.80. The van der Waals surface area contributed by atoms with Crippen molar-refractivity contribution in [1.82, 2.24) is 14.5 Å². The van der Waals surface area contributed by atoms with Crippen molar-refractivity contribution in [1.29, 1.82) is 0 Å². The van der Waals surface area contributed by atoms with Crippen LogP contribution in [0, 0.1) is 0 Å². The molecule has 0 bridgehead atoms. The summed E-state index contributed by atoms with van der Waals surface area (Å²) in [5.41, 5.74) is 3.88. The molecule has 0 spiro atoms. The van der Waals surface area contributed by atoms with E-state index in [9.17, 15) is 9.59 Å². The van der Waals surface area contributed by atoms with Gasteiger partial charge in [0, 0.05) is 18.4 Å². The molecule has 9 nitrogen and oxygen atoms in total. The number of anilines is 2. The van der Waals surface area contributed by atoms with E-state index >= 15 is 0 Å². The van der Waals surface area contributed by atoms with Gasteiger partial charge in [0.05, 0.1) is 40.1 Å². The summed E-state index contributed by atoms with van der Waals surface area (Å²) in [6.45, 7) is 0.561. The first-order valence-corrected chi connectivity index (χ1v) is 14.1. The van der Waals surface area contributed by atoms with E-state index in [0.717, 1.165) is 21.6 Å². The second-order valence-electron chi connectivity index (χ2n) is 9.51. The summed E-state index contributed by atoms with van der Waals surface area (Å²) in [5.74, 6) is 0.686. The van der Waals surface area contributed by atoms with Gasteiger partial charge in [0.25, 0.3) is 5.91 Å². The van der Waals surface area contributed by atoms with E-state index < -0.39 is 0 Å². The summed E-state index contributed by atoms with van der Waals surface area (Å²) in [6, 6.07) is 28.3. The van der Waals surface area contributed by atoms with Crippen molar-refractivity contribution in [2.75, 3.05) is 24.3 Å². The summed E-state index contributed by atoms with van der Waals surface area (Å²) >= 11 is 1.31. The second kappa shape index (κ2) is 12.2. The molecule has 210 valence electrons. The maximum Gasteiger partial charge on any atom is 0.268 e. The number of methoxy groups -OCH3 is 1. The number of benzene rings is 3. The first-order valence-electron chi connectivity index (χ1n) is 13.3. The smallest absolute Gasteiger partial charge is 0.268 e. The van der Waals surface area contributed by atoms with Crippen LogP contribution >= 0.6 is 11.3 Å². The molecule has 0 fully saturated rings. The lowest BCUT2D eigenvalue weighted by Crippen LogP contribution is -2.18. The predicted molar refractivity (Wildman–Crippen MR) is 163 cm³/mol. The fourth-order valence-electron chi connectivity index (χ4n) is 4.67. The van der Waals surface area contributed by atoms with Crippen LogP contribution in [0.5, 0.6) is 0 Å². The largest absolute Gasteiger partial charge is 0.443 e. The van der Waals surface area contributed by atoms with Crippen molar-refractivity contribution in [3.8, 4) is 10.6 Å². The molecule has 3 aromatic heterocycles. The monoisotopic (exact) mass is 577 g/mol. The van der Waals surface area contributed by atoms with Crippen LogP contribution in [0.2, 0.25) is 0 Å². The number of rotatable bonds is 11. The molecule has 2 N–H and O–H groups in total. The number of ketones is 1. The van der Waals surface area contributed by atoms with Crippen LogP contribution in [0.1, 0.15) is 31.7 Å². The standard InChI is InChI=1S/C32H27N5O4S/c1-40-28(22-10-6-3-7-11-22)19-37-25-13-12-23(34-17-26(38)21-8-4-2-5-9-21)16-24(25)35-32(37)36-31(39)30-15-14-29(42-30)27-18-33-20-41-27/h2-16,18,20,28,34H,17,19H2,1H3,(H,35,36,39)/t28-/m1/s1. The summed E-state index contributed by atoms with van der Waals surface area (Å²) in [6.07, 6.45) is 2.69. The number of amides is 1. The molecule has 6 rings (SSSR count). The normalized spacial score (nSPS) is 11.8. The van der Waals surface area contributed by atoms with Crippen LogP contribution in [0.4, 0.5) is 11.6 Å². The van der Waals surface area contributed by atoms with E-state index in [1.807, 2.05) is 77.4 Å². The minimum atomic E-state index is -0.289. The second-order valence-corrected chi connectivity index (χ2v) is 10.6. The van der Waals surface area contributed by atoms with Gasteiger partial charge in [-0.15, -0.1) is 11.3 Å². The highest BCUT2D eigenvalue weighted by Gasteiger charge is 2.21. The van der Waals surface area contributed by atoms with Crippen LogP contribution in [0.15, 0.2) is 108 Å². The lowest BCUT2D eigenvalue weighted by atomic mass is 10.1. The van der Waals surface area contributed by atoms with Gasteiger partial charge in [0.2, 0.25) is 5.95 Å². The Kier molecular flexibility index (Phi) is 7.89. The van der Waals surface area contributed by atoms with E-state index in [2.05, 4.69) is 15.6 Å². The van der Waals surface area contributed by atoms with Gasteiger partial charge in [-0.3, -0.25) is 14.9 Å². The highest BCUT2D eigenvalue weighted by molar-refractivity contribution is 7.17. The third-order valence-corrected chi connectivity index (χ3v) is 7.93. The maximum absolute atomic E-state index is 13.3. The third-order valence-electron chi connectivity index (χ3n) is 6.83. The van der Waals surface area contributed by atoms with Crippen LogP contribution in [-0.2, 0) is 11.3 Å². The van der Waals surface area contributed by atoms with Crippen LogP contribution in [0.3, 0.4) is 0 Å². The molecule has 0 aliphatic heterocycles. The number of hydrogen-bond donors (Lipinski definition) is 2. The molecule has 0 radical (unpaired) electrons. The highest BCUT2D eigenvalue weighted by Crippen LogP contribution is 2.30. The molecular formula is C32H27N5O4S. The molecule has 10 heteroatoms. The first kappa shape index (κ1) is 27.1. The first-order chi connectivity index (χ1) is 20.6. The van der Waals surface area contributed by atoms with Crippen molar-refractivity contribution >= 4 is 45.7 Å². The van der Waals surface area contributed by atoms with Crippen molar-refractivity contribution in [2.24, 2.45) is 0 Å². The number of nitrogens with one attached hydrogen (secondary N) is 2. The number of imidazole rings is 1. The molecule has 0 saturated carbocycles. The summed E-state index contributed by atoms with van der Waals surface area (Å²) < 4.78 is 13.2. The van der Waals surface area contributed by atoms with Gasteiger partial charge in [0.15, 0.2) is 17.9 Å². The Bertz CT molecular complexity index is 1810. The van der Waals surface area contributed by atoms with E-state index in [4.69, 9.17) is 14.1 Å². The SMILES string of the molecule is CO[C@H](Cn1c(NC(=O)c2ccc(-c3cnco3)s2)nc2cc(NCC(=O)c3ccccc3)ccc21)c1ccccc1. The Morgan fingerprint density at radius 1 is 1.00 bits per heavy atom. The molecular weight excluding hydrogens is 550 g/mol. The zero-order chi connectivity index (χ0) is 28.9. The molecule has 6 aromatic rings. The average molecular weight is 578 g/mol. The minimum absolute atomic E-state index is 0.0133. The number of carbonyl (C=O) groups is 2. The molecule has 3 heterocycles. The number of nitrogens with zero attached hydrogens (tertiary/aromatic N) is 3. The van der Waals surface area contributed by atoms with Crippen LogP contribution < -0.4 is 10.6 Å². The van der Waals surface area contributed by atoms with Gasteiger partial charge in [-0.2, -0.15) is 0 Å². The maximum atomic E-state index is 13.3. The van der Waals surface area contributed by atoms with Gasteiger partial charge < -0.3 is 19.0 Å². The molecule has 0 aliphatic carbocycles. The molecule has 42 heavy (non-hydrogen) atoms. The number of hydrogen-bond acceptors (Lipinski definition) is 8. The Morgan fingerprint density at radius 3 is 2.52 bits per heavy atom. The van der Waals surface area contributed by atoms with Crippen LogP contribution in [-0.4, -0.2) is 39.9 Å². The Labute approximate surface area is 245 Å². The van der Waals surface area contributed by atoms with Crippen LogP contribution in [0.25, 0.3) is 21.7 Å². The van der Waals surface area contributed by atoms with E-state index in [0.29, 0.717) is 34.2 Å². The van der Waals surface area contributed by atoms with Crippen molar-refractivity contribution in [2.45, 2.75) is 12.6 Å². The number of thiophene rings is 1. The lowest BCUT2D eigenvalue weighted by molar-refractivity contribution is 0.0890. The zero-order valence-corrected chi connectivity index (χ0v) is 23.5. The van der Waals surface area contributed by atoms with E-state index in [1.54, 1.807) is 31.5 Å². The van der Waals surface area contributed by atoms with Gasteiger partial charge in [0.1, 0.15) is 6.10 Å². The zero-order valence-electron chi connectivity index (χ0n) is 22.7. The Hall–Kier alpha value is -5.06. The molecule has 0 aliphatic rings. The molecule has 1 amide bonds. The quantitative estimate of drug-likeness (QED) is 0.165.